The number of benzene rings is 1. The first-order valence-corrected chi connectivity index (χ1v) is 5.64. The summed E-state index contributed by atoms with van der Waals surface area (Å²) in [6.07, 6.45) is 2.49. The van der Waals surface area contributed by atoms with Gasteiger partial charge in [0.25, 0.3) is 0 Å². The molecule has 0 N–H and O–H groups in total. The molecular weight excluding hydrogens is 184 g/mol. The van der Waals surface area contributed by atoms with Crippen molar-refractivity contribution in [2.24, 2.45) is 0 Å². The van der Waals surface area contributed by atoms with Gasteiger partial charge in [-0.05, 0) is 38.6 Å². The molecular formula is C13H20N2. The zero-order chi connectivity index (χ0) is 10.8. The molecule has 15 heavy (non-hydrogen) atoms. The van der Waals surface area contributed by atoms with Gasteiger partial charge in [0.1, 0.15) is 0 Å². The van der Waals surface area contributed by atoms with E-state index in [-0.39, 0.29) is 0 Å². The summed E-state index contributed by atoms with van der Waals surface area (Å²) < 4.78 is 0. The van der Waals surface area contributed by atoms with Crippen LogP contribution in [0.25, 0.3) is 0 Å². The minimum absolute atomic E-state index is 0.662. The van der Waals surface area contributed by atoms with Crippen molar-refractivity contribution in [3.8, 4) is 0 Å². The van der Waals surface area contributed by atoms with Gasteiger partial charge >= 0.3 is 0 Å². The number of para-hydroxylation sites is 1. The Labute approximate surface area is 92.5 Å². The molecule has 0 fully saturated rings. The summed E-state index contributed by atoms with van der Waals surface area (Å²) >= 11 is 0. The molecule has 2 nitrogen and oxygen atoms in total. The van der Waals surface area contributed by atoms with Crippen LogP contribution in [-0.2, 0) is 6.42 Å². The van der Waals surface area contributed by atoms with Crippen molar-refractivity contribution >= 4 is 5.69 Å². The van der Waals surface area contributed by atoms with E-state index in [1.807, 2.05) is 0 Å². The van der Waals surface area contributed by atoms with Crippen molar-refractivity contribution in [1.29, 1.82) is 0 Å². The highest BCUT2D eigenvalue weighted by atomic mass is 15.2. The molecule has 0 aliphatic carbocycles. The number of fused-ring (bicyclic) bond motifs is 1. The van der Waals surface area contributed by atoms with Gasteiger partial charge < -0.3 is 9.80 Å². The Balaban J connectivity index is 2.18. The van der Waals surface area contributed by atoms with Gasteiger partial charge in [-0.15, -0.1) is 0 Å². The van der Waals surface area contributed by atoms with E-state index in [0.717, 1.165) is 6.54 Å². The van der Waals surface area contributed by atoms with E-state index in [1.54, 1.807) is 0 Å². The predicted molar refractivity (Wildman–Crippen MR) is 65.5 cm³/mol. The van der Waals surface area contributed by atoms with Gasteiger partial charge in [-0.2, -0.15) is 0 Å². The molecule has 0 aromatic heterocycles. The summed E-state index contributed by atoms with van der Waals surface area (Å²) in [5.74, 6) is 0. The fourth-order valence-electron chi connectivity index (χ4n) is 2.41. The summed E-state index contributed by atoms with van der Waals surface area (Å²) in [4.78, 5) is 4.70. The average molecular weight is 204 g/mol. The second-order valence-electron chi connectivity index (χ2n) is 4.69. The number of aryl methyl sites for hydroxylation is 1. The maximum absolute atomic E-state index is 2.43. The third-order valence-corrected chi connectivity index (χ3v) is 3.24. The zero-order valence-corrected chi connectivity index (χ0v) is 9.90. The highest BCUT2D eigenvalue weighted by Gasteiger charge is 2.22. The van der Waals surface area contributed by atoms with Crippen molar-refractivity contribution in [3.05, 3.63) is 29.8 Å². The molecule has 0 saturated heterocycles. The van der Waals surface area contributed by atoms with E-state index < -0.39 is 0 Å². The third kappa shape index (κ3) is 2.15. The number of nitrogens with zero attached hydrogens (tertiary/aromatic N) is 2. The summed E-state index contributed by atoms with van der Waals surface area (Å²) in [6.45, 7) is 1.14. The number of likely N-dealkylation sites (N-methyl/N-ethyl adjacent to an activating group) is 2. The van der Waals surface area contributed by atoms with Gasteiger partial charge in [0.15, 0.2) is 0 Å². The Morgan fingerprint density at radius 1 is 1.33 bits per heavy atom. The second kappa shape index (κ2) is 4.23. The van der Waals surface area contributed by atoms with Crippen molar-refractivity contribution < 1.29 is 0 Å². The summed E-state index contributed by atoms with van der Waals surface area (Å²) in [7, 11) is 6.51. The van der Waals surface area contributed by atoms with E-state index in [0.29, 0.717) is 6.04 Å². The Kier molecular flexibility index (Phi) is 2.96. The van der Waals surface area contributed by atoms with Crippen LogP contribution in [-0.4, -0.2) is 38.6 Å². The number of rotatable bonds is 2. The summed E-state index contributed by atoms with van der Waals surface area (Å²) in [6, 6.07) is 9.41. The Hall–Kier alpha value is -1.02. The van der Waals surface area contributed by atoms with Crippen LogP contribution in [0.15, 0.2) is 24.3 Å². The average Bonchev–Trinajstić information content (AvgIpc) is 2.22. The smallest absolute Gasteiger partial charge is 0.0416 e. The molecule has 1 heterocycles. The van der Waals surface area contributed by atoms with E-state index in [1.165, 1.54) is 24.1 Å². The van der Waals surface area contributed by atoms with Crippen LogP contribution in [0, 0.1) is 0 Å². The normalized spacial score (nSPS) is 20.5. The molecule has 1 atom stereocenters. The lowest BCUT2D eigenvalue weighted by molar-refractivity contribution is 0.352. The first-order valence-electron chi connectivity index (χ1n) is 5.64. The van der Waals surface area contributed by atoms with Crippen LogP contribution in [0.3, 0.4) is 0 Å². The fourth-order valence-corrected chi connectivity index (χ4v) is 2.41. The lowest BCUT2D eigenvalue weighted by Gasteiger charge is -2.37. The van der Waals surface area contributed by atoms with Crippen LogP contribution in [0.2, 0.25) is 0 Å². The third-order valence-electron chi connectivity index (χ3n) is 3.24. The Morgan fingerprint density at radius 2 is 2.07 bits per heavy atom. The maximum Gasteiger partial charge on any atom is 0.0416 e. The predicted octanol–water partition coefficient (Wildman–Crippen LogP) is 2.00. The fraction of sp³-hybridized carbons (Fsp3) is 0.538. The summed E-state index contributed by atoms with van der Waals surface area (Å²) in [5, 5.41) is 0. The SMILES string of the molecule is CN(C)C[C@H]1CCc2ccccc2N1C. The van der Waals surface area contributed by atoms with Crippen molar-refractivity contribution in [2.45, 2.75) is 18.9 Å². The van der Waals surface area contributed by atoms with Crippen LogP contribution in [0.1, 0.15) is 12.0 Å². The van der Waals surface area contributed by atoms with Crippen LogP contribution >= 0.6 is 0 Å². The van der Waals surface area contributed by atoms with Crippen LogP contribution in [0.5, 0.6) is 0 Å². The van der Waals surface area contributed by atoms with Gasteiger partial charge in [-0.3, -0.25) is 0 Å². The highest BCUT2D eigenvalue weighted by Crippen LogP contribution is 2.29. The molecule has 1 aromatic carbocycles. The largest absolute Gasteiger partial charge is 0.370 e. The zero-order valence-electron chi connectivity index (χ0n) is 9.90. The van der Waals surface area contributed by atoms with E-state index in [9.17, 15) is 0 Å². The Morgan fingerprint density at radius 3 is 2.80 bits per heavy atom. The first-order chi connectivity index (χ1) is 7.18. The van der Waals surface area contributed by atoms with Gasteiger partial charge in [0.2, 0.25) is 0 Å². The second-order valence-corrected chi connectivity index (χ2v) is 4.69. The molecule has 0 amide bonds. The summed E-state index contributed by atoms with van der Waals surface area (Å²) in [5.41, 5.74) is 2.91. The van der Waals surface area contributed by atoms with Gasteiger partial charge in [0, 0.05) is 25.3 Å². The highest BCUT2D eigenvalue weighted by molar-refractivity contribution is 5.55. The molecule has 1 aliphatic heterocycles. The number of hydrogen-bond donors (Lipinski definition) is 0. The molecule has 2 rings (SSSR count). The topological polar surface area (TPSA) is 6.48 Å². The lowest BCUT2D eigenvalue weighted by Crippen LogP contribution is -2.42. The molecule has 1 aromatic rings. The van der Waals surface area contributed by atoms with Crippen molar-refractivity contribution in [3.63, 3.8) is 0 Å². The molecule has 0 bridgehead atoms. The molecule has 0 unspecified atom stereocenters. The quantitative estimate of drug-likeness (QED) is 0.727. The van der Waals surface area contributed by atoms with E-state index in [4.69, 9.17) is 0 Å². The Bertz CT molecular complexity index is 333. The van der Waals surface area contributed by atoms with Gasteiger partial charge in [-0.25, -0.2) is 0 Å². The van der Waals surface area contributed by atoms with Crippen LogP contribution < -0.4 is 4.90 Å². The molecule has 0 spiro atoms. The standard InChI is InChI=1S/C13H20N2/c1-14(2)10-12-9-8-11-6-4-5-7-13(11)15(12)3/h4-7,12H,8-10H2,1-3H3/t12-/m1/s1. The minimum Gasteiger partial charge on any atom is -0.370 e. The molecule has 82 valence electrons. The lowest BCUT2D eigenvalue weighted by atomic mass is 9.96. The van der Waals surface area contributed by atoms with Crippen molar-refractivity contribution in [2.75, 3.05) is 32.6 Å². The molecule has 2 heteroatoms. The first kappa shape index (κ1) is 10.5. The number of anilines is 1. The van der Waals surface area contributed by atoms with Crippen LogP contribution in [0.4, 0.5) is 5.69 Å². The van der Waals surface area contributed by atoms with Gasteiger partial charge in [-0.1, -0.05) is 18.2 Å². The van der Waals surface area contributed by atoms with E-state index >= 15 is 0 Å². The number of hydrogen-bond acceptors (Lipinski definition) is 2. The van der Waals surface area contributed by atoms with E-state index in [2.05, 4.69) is 55.2 Å². The van der Waals surface area contributed by atoms with Crippen molar-refractivity contribution in [1.82, 2.24) is 4.90 Å². The van der Waals surface area contributed by atoms with Gasteiger partial charge in [0.05, 0.1) is 0 Å². The monoisotopic (exact) mass is 204 g/mol. The molecule has 0 saturated carbocycles. The minimum atomic E-state index is 0.662. The molecule has 1 aliphatic rings. The molecule has 0 radical (unpaired) electrons. The maximum atomic E-state index is 2.43.